The van der Waals surface area contributed by atoms with Crippen molar-refractivity contribution in [3.05, 3.63) is 87.6 Å². The van der Waals surface area contributed by atoms with Crippen molar-refractivity contribution in [3.63, 3.8) is 0 Å². The molecule has 33 heavy (non-hydrogen) atoms. The molecule has 1 amide bonds. The van der Waals surface area contributed by atoms with Gasteiger partial charge in [-0.15, -0.1) is 11.3 Å². The summed E-state index contributed by atoms with van der Waals surface area (Å²) < 4.78 is 43.1. The van der Waals surface area contributed by atoms with Gasteiger partial charge in [0.2, 0.25) is 0 Å². The molecule has 0 saturated heterocycles. The number of thiophene rings is 1. The third kappa shape index (κ3) is 6.00. The Hall–Kier alpha value is -3.17. The summed E-state index contributed by atoms with van der Waals surface area (Å²) >= 11 is 1.64. The van der Waals surface area contributed by atoms with E-state index in [1.165, 1.54) is 17.0 Å². The number of ether oxygens (including phenoxy) is 1. The van der Waals surface area contributed by atoms with Crippen molar-refractivity contribution in [3.8, 4) is 5.75 Å². The molecule has 0 radical (unpaired) electrons. The van der Waals surface area contributed by atoms with Crippen molar-refractivity contribution in [2.45, 2.75) is 37.6 Å². The van der Waals surface area contributed by atoms with Crippen molar-refractivity contribution in [2.24, 2.45) is 0 Å². The molecule has 1 aromatic heterocycles. The Bertz CT molecular complexity index is 1120. The van der Waals surface area contributed by atoms with Crippen molar-refractivity contribution < 1.29 is 27.5 Å². The zero-order chi connectivity index (χ0) is 23.4. The maximum Gasteiger partial charge on any atom is 0.491 e. The van der Waals surface area contributed by atoms with Crippen LogP contribution in [-0.2, 0) is 17.9 Å². The van der Waals surface area contributed by atoms with Crippen LogP contribution in [0.3, 0.4) is 0 Å². The highest BCUT2D eigenvalue weighted by molar-refractivity contribution is 7.09. The lowest BCUT2D eigenvalue weighted by atomic mass is 10.1. The molecule has 1 aliphatic rings. The minimum Gasteiger partial charge on any atom is -0.419 e. The number of carbonyl (C=O) groups is 2. The van der Waals surface area contributed by atoms with E-state index in [1.807, 2.05) is 47.8 Å². The van der Waals surface area contributed by atoms with Crippen molar-refractivity contribution in [2.75, 3.05) is 0 Å². The molecule has 2 aromatic carbocycles. The standard InChI is InChI=1S/C24H21F3N2O3S/c25-24(26,27)23(31)32-21-11-16(19-12-20(19)28-14-17-7-4-10-33-17)8-9-18(21)22(30)29-13-15-5-2-1-3-6-15/h1-11,19-20,28H,12-14H2,(H,29,30). The number of halogens is 3. The van der Waals surface area contributed by atoms with Crippen LogP contribution in [0.5, 0.6) is 5.75 Å². The molecule has 0 spiro atoms. The number of carbonyl (C=O) groups excluding carboxylic acids is 2. The maximum absolute atomic E-state index is 12.8. The highest BCUT2D eigenvalue weighted by atomic mass is 32.1. The van der Waals surface area contributed by atoms with E-state index in [1.54, 1.807) is 17.4 Å². The largest absolute Gasteiger partial charge is 0.491 e. The van der Waals surface area contributed by atoms with Crippen molar-refractivity contribution in [1.82, 2.24) is 10.6 Å². The molecule has 5 nitrogen and oxygen atoms in total. The Morgan fingerprint density at radius 1 is 1.03 bits per heavy atom. The number of amides is 1. The molecule has 1 aliphatic carbocycles. The summed E-state index contributed by atoms with van der Waals surface area (Å²) in [7, 11) is 0. The summed E-state index contributed by atoms with van der Waals surface area (Å²) in [4.78, 5) is 25.3. The fourth-order valence-electron chi connectivity index (χ4n) is 3.51. The number of alkyl halides is 3. The number of hydrogen-bond acceptors (Lipinski definition) is 5. The van der Waals surface area contributed by atoms with Crippen molar-refractivity contribution >= 4 is 23.2 Å². The molecule has 2 N–H and O–H groups in total. The predicted octanol–water partition coefficient (Wildman–Crippen LogP) is 4.79. The zero-order valence-corrected chi connectivity index (χ0v) is 18.2. The van der Waals surface area contributed by atoms with E-state index in [2.05, 4.69) is 15.4 Å². The van der Waals surface area contributed by atoms with Crippen LogP contribution >= 0.6 is 11.3 Å². The minimum absolute atomic E-state index is 0.0646. The molecule has 9 heteroatoms. The van der Waals surface area contributed by atoms with Crippen molar-refractivity contribution in [1.29, 1.82) is 0 Å². The van der Waals surface area contributed by atoms with Gasteiger partial charge >= 0.3 is 12.1 Å². The lowest BCUT2D eigenvalue weighted by Gasteiger charge is -2.14. The van der Waals surface area contributed by atoms with E-state index in [9.17, 15) is 22.8 Å². The van der Waals surface area contributed by atoms with Gasteiger partial charge in [0.05, 0.1) is 5.56 Å². The number of nitrogens with one attached hydrogen (secondary N) is 2. The third-order valence-corrected chi connectivity index (χ3v) is 6.19. The van der Waals surface area contributed by atoms with E-state index < -0.39 is 23.8 Å². The average molecular weight is 475 g/mol. The fourth-order valence-corrected chi connectivity index (χ4v) is 4.16. The first kappa shape index (κ1) is 23.0. The first-order valence-electron chi connectivity index (χ1n) is 10.3. The molecule has 0 aliphatic heterocycles. The predicted molar refractivity (Wildman–Crippen MR) is 118 cm³/mol. The first-order valence-corrected chi connectivity index (χ1v) is 11.2. The second-order valence-corrected chi connectivity index (χ2v) is 8.75. The van der Waals surface area contributed by atoms with E-state index in [4.69, 9.17) is 0 Å². The van der Waals surface area contributed by atoms with Crippen LogP contribution in [0, 0.1) is 0 Å². The molecule has 4 rings (SSSR count). The van der Waals surface area contributed by atoms with Gasteiger partial charge in [0.1, 0.15) is 5.75 Å². The molecule has 2 atom stereocenters. The first-order chi connectivity index (χ1) is 15.8. The molecular weight excluding hydrogens is 453 g/mol. The molecule has 2 unspecified atom stereocenters. The summed E-state index contributed by atoms with van der Waals surface area (Å²) in [5, 5.41) is 8.06. The van der Waals surface area contributed by atoms with E-state index in [-0.39, 0.29) is 24.1 Å². The van der Waals surface area contributed by atoms with Gasteiger partial charge in [0, 0.05) is 29.9 Å². The van der Waals surface area contributed by atoms with Gasteiger partial charge in [-0.2, -0.15) is 13.2 Å². The monoisotopic (exact) mass is 474 g/mol. The van der Waals surface area contributed by atoms with Gasteiger partial charge in [-0.1, -0.05) is 42.5 Å². The van der Waals surface area contributed by atoms with Crippen LogP contribution in [-0.4, -0.2) is 24.1 Å². The molecule has 1 fully saturated rings. The van der Waals surface area contributed by atoms with Crippen LogP contribution in [0.1, 0.15) is 38.7 Å². The van der Waals surface area contributed by atoms with E-state index in [0.717, 1.165) is 12.0 Å². The summed E-state index contributed by atoms with van der Waals surface area (Å²) in [6, 6.07) is 17.7. The molecule has 3 aromatic rings. The van der Waals surface area contributed by atoms with Crippen LogP contribution in [0.2, 0.25) is 0 Å². The van der Waals surface area contributed by atoms with E-state index in [0.29, 0.717) is 12.1 Å². The van der Waals surface area contributed by atoms with Crippen LogP contribution in [0.25, 0.3) is 0 Å². The van der Waals surface area contributed by atoms with Gasteiger partial charge < -0.3 is 15.4 Å². The second-order valence-electron chi connectivity index (χ2n) is 7.72. The fraction of sp³-hybridized carbons (Fsp3) is 0.250. The Morgan fingerprint density at radius 3 is 2.52 bits per heavy atom. The minimum atomic E-state index is -5.17. The van der Waals surface area contributed by atoms with Gasteiger partial charge in [-0.3, -0.25) is 4.79 Å². The Balaban J connectivity index is 1.48. The molecular formula is C24H21F3N2O3S. The third-order valence-electron chi connectivity index (χ3n) is 5.32. The highest BCUT2D eigenvalue weighted by Crippen LogP contribution is 2.42. The molecule has 1 saturated carbocycles. The normalized spacial score (nSPS) is 17.4. The van der Waals surface area contributed by atoms with Crippen LogP contribution in [0.4, 0.5) is 13.2 Å². The zero-order valence-electron chi connectivity index (χ0n) is 17.4. The highest BCUT2D eigenvalue weighted by Gasteiger charge is 2.43. The molecule has 0 bridgehead atoms. The van der Waals surface area contributed by atoms with Gasteiger partial charge in [0.15, 0.2) is 0 Å². The van der Waals surface area contributed by atoms with Crippen LogP contribution in [0.15, 0.2) is 66.0 Å². The lowest BCUT2D eigenvalue weighted by molar-refractivity contribution is -0.189. The molecule has 172 valence electrons. The summed E-state index contributed by atoms with van der Waals surface area (Å²) in [5.74, 6) is -3.32. The number of benzene rings is 2. The van der Waals surface area contributed by atoms with Crippen LogP contribution < -0.4 is 15.4 Å². The smallest absolute Gasteiger partial charge is 0.419 e. The Morgan fingerprint density at radius 2 is 1.82 bits per heavy atom. The number of esters is 1. The van der Waals surface area contributed by atoms with Gasteiger partial charge in [0.25, 0.3) is 5.91 Å². The summed E-state index contributed by atoms with van der Waals surface area (Å²) in [6.07, 6.45) is -4.37. The average Bonchev–Trinajstić information content (AvgIpc) is 3.39. The SMILES string of the molecule is O=C(NCc1ccccc1)c1ccc(C2CC2NCc2cccs2)cc1OC(=O)C(F)(F)F. The summed E-state index contributed by atoms with van der Waals surface area (Å²) in [6.45, 7) is 0.889. The number of hydrogen-bond donors (Lipinski definition) is 2. The lowest BCUT2D eigenvalue weighted by Crippen LogP contribution is -2.30. The summed E-state index contributed by atoms with van der Waals surface area (Å²) in [5.41, 5.74) is 1.41. The molecule has 1 heterocycles. The van der Waals surface area contributed by atoms with Gasteiger partial charge in [-0.05, 0) is 41.1 Å². The maximum atomic E-state index is 12.8. The second kappa shape index (κ2) is 9.76. The van der Waals surface area contributed by atoms with Gasteiger partial charge in [-0.25, -0.2) is 4.79 Å². The number of rotatable bonds is 8. The quantitative estimate of drug-likeness (QED) is 0.364. The van der Waals surface area contributed by atoms with E-state index >= 15 is 0 Å². The Labute approximate surface area is 192 Å². The Kier molecular flexibility index (Phi) is 6.80. The topological polar surface area (TPSA) is 67.4 Å².